The van der Waals surface area contributed by atoms with Gasteiger partial charge in [0, 0.05) is 37.9 Å². The summed E-state index contributed by atoms with van der Waals surface area (Å²) < 4.78 is 34.2. The van der Waals surface area contributed by atoms with Crippen molar-refractivity contribution in [3.05, 3.63) is 11.9 Å². The van der Waals surface area contributed by atoms with E-state index in [1.165, 1.54) is 0 Å². The van der Waals surface area contributed by atoms with Gasteiger partial charge in [-0.15, -0.1) is 0 Å². The Morgan fingerprint density at radius 2 is 2.00 bits per heavy atom. The molecule has 1 aromatic heterocycles. The van der Waals surface area contributed by atoms with Crippen molar-refractivity contribution in [3.8, 4) is 0 Å². The summed E-state index contributed by atoms with van der Waals surface area (Å²) in [5, 5.41) is 4.46. The van der Waals surface area contributed by atoms with Crippen molar-refractivity contribution in [2.45, 2.75) is 57.4 Å². The van der Waals surface area contributed by atoms with Crippen molar-refractivity contribution in [2.75, 3.05) is 20.3 Å². The SMILES string of the molecule is COCCCNS(=O)(=O)c1cn(C(C)C)nc1C(C)(C)C. The molecule has 0 bridgehead atoms. The molecule has 0 saturated carbocycles. The summed E-state index contributed by atoms with van der Waals surface area (Å²) in [4.78, 5) is 0.265. The maximum Gasteiger partial charge on any atom is 0.243 e. The first kappa shape index (κ1) is 18.1. The van der Waals surface area contributed by atoms with Gasteiger partial charge in [0.2, 0.25) is 10.0 Å². The Morgan fingerprint density at radius 1 is 1.38 bits per heavy atom. The van der Waals surface area contributed by atoms with Gasteiger partial charge in [0.05, 0.1) is 5.69 Å². The number of sulfonamides is 1. The first-order valence-corrected chi connectivity index (χ1v) is 8.66. The summed E-state index contributed by atoms with van der Waals surface area (Å²) in [6.07, 6.45) is 2.25. The molecule has 1 heterocycles. The molecule has 21 heavy (non-hydrogen) atoms. The third kappa shape index (κ3) is 4.79. The minimum Gasteiger partial charge on any atom is -0.385 e. The fraction of sp³-hybridized carbons (Fsp3) is 0.786. The van der Waals surface area contributed by atoms with Crippen LogP contribution in [0.1, 0.15) is 52.8 Å². The molecule has 0 atom stereocenters. The molecular weight excluding hydrogens is 290 g/mol. The van der Waals surface area contributed by atoms with Gasteiger partial charge in [-0.3, -0.25) is 4.68 Å². The number of nitrogens with zero attached hydrogens (tertiary/aromatic N) is 2. The lowest BCUT2D eigenvalue weighted by Crippen LogP contribution is -2.28. The van der Waals surface area contributed by atoms with Gasteiger partial charge in [0.25, 0.3) is 0 Å². The lowest BCUT2D eigenvalue weighted by molar-refractivity contribution is 0.196. The van der Waals surface area contributed by atoms with E-state index in [-0.39, 0.29) is 16.4 Å². The molecule has 0 fully saturated rings. The van der Waals surface area contributed by atoms with Gasteiger partial charge < -0.3 is 4.74 Å². The highest BCUT2D eigenvalue weighted by molar-refractivity contribution is 7.89. The molecular formula is C14H27N3O3S. The lowest BCUT2D eigenvalue weighted by Gasteiger charge is -2.17. The number of rotatable bonds is 7. The van der Waals surface area contributed by atoms with Crippen LogP contribution in [0.5, 0.6) is 0 Å². The molecule has 1 N–H and O–H groups in total. The van der Waals surface area contributed by atoms with Crippen LogP contribution in [-0.2, 0) is 20.2 Å². The predicted molar refractivity (Wildman–Crippen MR) is 83.0 cm³/mol. The first-order valence-electron chi connectivity index (χ1n) is 7.18. The largest absolute Gasteiger partial charge is 0.385 e. The molecule has 7 heteroatoms. The van der Waals surface area contributed by atoms with Crippen molar-refractivity contribution in [3.63, 3.8) is 0 Å². The third-order valence-corrected chi connectivity index (χ3v) is 4.51. The van der Waals surface area contributed by atoms with Gasteiger partial charge in [-0.25, -0.2) is 13.1 Å². The Hall–Kier alpha value is -0.920. The van der Waals surface area contributed by atoms with Crippen molar-refractivity contribution >= 4 is 10.0 Å². The summed E-state index contributed by atoms with van der Waals surface area (Å²) in [6, 6.07) is 0.114. The second kappa shape index (κ2) is 6.89. The normalized spacial score (nSPS) is 13.1. The molecule has 6 nitrogen and oxygen atoms in total. The number of hydrogen-bond acceptors (Lipinski definition) is 4. The zero-order valence-electron chi connectivity index (χ0n) is 13.8. The van der Waals surface area contributed by atoms with E-state index < -0.39 is 10.0 Å². The molecule has 1 rings (SSSR count). The fourth-order valence-corrected chi connectivity index (χ4v) is 3.27. The summed E-state index contributed by atoms with van der Waals surface area (Å²) >= 11 is 0. The highest BCUT2D eigenvalue weighted by Gasteiger charge is 2.30. The standard InChI is InChI=1S/C14H27N3O3S/c1-11(2)17-10-12(13(16-17)14(3,4)5)21(18,19)15-8-7-9-20-6/h10-11,15H,7-9H2,1-6H3. The van der Waals surface area contributed by atoms with E-state index in [2.05, 4.69) is 9.82 Å². The van der Waals surface area contributed by atoms with Gasteiger partial charge in [-0.05, 0) is 20.3 Å². The van der Waals surface area contributed by atoms with Crippen LogP contribution in [-0.4, -0.2) is 38.5 Å². The second-order valence-electron chi connectivity index (χ2n) is 6.41. The molecule has 0 aromatic carbocycles. The van der Waals surface area contributed by atoms with Crippen LogP contribution in [0.4, 0.5) is 0 Å². The van der Waals surface area contributed by atoms with Crippen LogP contribution in [0.15, 0.2) is 11.1 Å². The molecule has 0 aliphatic carbocycles. The second-order valence-corrected chi connectivity index (χ2v) is 8.15. The molecule has 0 aliphatic heterocycles. The van der Waals surface area contributed by atoms with Crippen LogP contribution >= 0.6 is 0 Å². The van der Waals surface area contributed by atoms with Crippen LogP contribution in [0.2, 0.25) is 0 Å². The molecule has 1 aromatic rings. The van der Waals surface area contributed by atoms with Crippen molar-refractivity contribution in [2.24, 2.45) is 0 Å². The third-order valence-electron chi connectivity index (χ3n) is 3.04. The molecule has 0 spiro atoms. The quantitative estimate of drug-likeness (QED) is 0.781. The summed E-state index contributed by atoms with van der Waals surface area (Å²) in [5.74, 6) is 0. The average molecular weight is 317 g/mol. The Balaban J connectivity index is 3.09. The summed E-state index contributed by atoms with van der Waals surface area (Å²) in [5.41, 5.74) is 0.256. The molecule has 0 radical (unpaired) electrons. The van der Waals surface area contributed by atoms with Crippen LogP contribution in [0, 0.1) is 0 Å². The summed E-state index contributed by atoms with van der Waals surface area (Å²) in [7, 11) is -1.96. The zero-order chi connectivity index (χ0) is 16.3. The van der Waals surface area contributed by atoms with E-state index in [0.717, 1.165) is 0 Å². The Labute approximate surface area is 127 Å². The van der Waals surface area contributed by atoms with E-state index in [1.807, 2.05) is 34.6 Å². The van der Waals surface area contributed by atoms with Crippen LogP contribution in [0.25, 0.3) is 0 Å². The predicted octanol–water partition coefficient (Wildman–Crippen LogP) is 2.08. The highest BCUT2D eigenvalue weighted by Crippen LogP contribution is 2.28. The topological polar surface area (TPSA) is 73.2 Å². The van der Waals surface area contributed by atoms with E-state index in [9.17, 15) is 8.42 Å². The van der Waals surface area contributed by atoms with Gasteiger partial charge in [0.15, 0.2) is 0 Å². The molecule has 0 amide bonds. The molecule has 0 saturated heterocycles. The van der Waals surface area contributed by atoms with Crippen molar-refractivity contribution in [1.29, 1.82) is 0 Å². The van der Waals surface area contributed by atoms with E-state index in [1.54, 1.807) is 18.0 Å². The van der Waals surface area contributed by atoms with Gasteiger partial charge in [-0.1, -0.05) is 20.8 Å². The van der Waals surface area contributed by atoms with Crippen LogP contribution < -0.4 is 4.72 Å². The van der Waals surface area contributed by atoms with Crippen LogP contribution in [0.3, 0.4) is 0 Å². The zero-order valence-corrected chi connectivity index (χ0v) is 14.6. The number of hydrogen-bond donors (Lipinski definition) is 1. The smallest absolute Gasteiger partial charge is 0.243 e. The fourth-order valence-electron chi connectivity index (χ4n) is 1.86. The number of methoxy groups -OCH3 is 1. The van der Waals surface area contributed by atoms with Gasteiger partial charge >= 0.3 is 0 Å². The minimum atomic E-state index is -3.56. The van der Waals surface area contributed by atoms with E-state index in [4.69, 9.17) is 4.74 Å². The maximum absolute atomic E-state index is 12.5. The average Bonchev–Trinajstić information content (AvgIpc) is 2.80. The molecule has 122 valence electrons. The van der Waals surface area contributed by atoms with Gasteiger partial charge in [-0.2, -0.15) is 5.10 Å². The number of aromatic nitrogens is 2. The Morgan fingerprint density at radius 3 is 2.48 bits per heavy atom. The van der Waals surface area contributed by atoms with Gasteiger partial charge in [0.1, 0.15) is 4.90 Å². The number of ether oxygens (including phenoxy) is 1. The Bertz CT molecular complexity index is 557. The lowest BCUT2D eigenvalue weighted by atomic mass is 9.92. The first-order chi connectivity index (χ1) is 9.59. The van der Waals surface area contributed by atoms with E-state index >= 15 is 0 Å². The van der Waals surface area contributed by atoms with Crippen molar-refractivity contribution < 1.29 is 13.2 Å². The van der Waals surface area contributed by atoms with E-state index in [0.29, 0.717) is 25.3 Å². The minimum absolute atomic E-state index is 0.114. The highest BCUT2D eigenvalue weighted by atomic mass is 32.2. The Kier molecular flexibility index (Phi) is 5.95. The summed E-state index contributed by atoms with van der Waals surface area (Å²) in [6.45, 7) is 10.7. The maximum atomic E-state index is 12.5. The molecule has 0 unspecified atom stereocenters. The monoisotopic (exact) mass is 317 g/mol. The molecule has 0 aliphatic rings. The van der Waals surface area contributed by atoms with Crippen molar-refractivity contribution in [1.82, 2.24) is 14.5 Å². The number of nitrogens with one attached hydrogen (secondary N) is 1.